The Labute approximate surface area is 114 Å². The number of hydrogen-bond acceptors (Lipinski definition) is 3. The number of rotatable bonds is 5. The fraction of sp³-hybridized carbons (Fsp3) is 0.385. The molecule has 7 heteroatoms. The molecule has 0 radical (unpaired) electrons. The van der Waals surface area contributed by atoms with Crippen LogP contribution in [0.3, 0.4) is 0 Å². The minimum absolute atomic E-state index is 0.187. The normalized spacial score (nSPS) is 12.7. The Bertz CT molecular complexity index is 574. The van der Waals surface area contributed by atoms with Crippen molar-refractivity contribution in [2.75, 3.05) is 0 Å². The fourth-order valence-electron chi connectivity index (χ4n) is 1.95. The quantitative estimate of drug-likeness (QED) is 0.857. The van der Waals surface area contributed by atoms with Gasteiger partial charge in [-0.25, -0.2) is 18.2 Å². The lowest BCUT2D eigenvalue weighted by molar-refractivity contribution is 0.442. The molecule has 1 aromatic carbocycles. The summed E-state index contributed by atoms with van der Waals surface area (Å²) in [5, 5.41) is 4.04. The van der Waals surface area contributed by atoms with E-state index in [1.54, 1.807) is 4.68 Å². The van der Waals surface area contributed by atoms with Crippen molar-refractivity contribution in [3.8, 4) is 0 Å². The standard InChI is InChI=1S/C13H15F3N4/c1-2-3-20-12(18-7-19-20)6-11(17)8-4-9(14)13(16)10(15)5-8/h4-5,7,11H,2-3,6,17H2,1H3. The van der Waals surface area contributed by atoms with E-state index in [0.29, 0.717) is 12.4 Å². The summed E-state index contributed by atoms with van der Waals surface area (Å²) < 4.78 is 40.9. The molecular weight excluding hydrogens is 269 g/mol. The van der Waals surface area contributed by atoms with E-state index < -0.39 is 23.5 Å². The second-order valence-corrected chi connectivity index (χ2v) is 4.51. The molecule has 0 bridgehead atoms. The number of halogens is 3. The van der Waals surface area contributed by atoms with Crippen LogP contribution in [-0.4, -0.2) is 14.8 Å². The predicted molar refractivity (Wildman–Crippen MR) is 67.3 cm³/mol. The van der Waals surface area contributed by atoms with Crippen LogP contribution in [0, 0.1) is 17.5 Å². The molecule has 1 aromatic heterocycles. The topological polar surface area (TPSA) is 56.7 Å². The Balaban J connectivity index is 2.19. The van der Waals surface area contributed by atoms with Crippen LogP contribution in [0.25, 0.3) is 0 Å². The fourth-order valence-corrected chi connectivity index (χ4v) is 1.95. The highest BCUT2D eigenvalue weighted by Gasteiger charge is 2.17. The summed E-state index contributed by atoms with van der Waals surface area (Å²) >= 11 is 0. The highest BCUT2D eigenvalue weighted by atomic mass is 19.2. The maximum Gasteiger partial charge on any atom is 0.194 e. The average molecular weight is 284 g/mol. The lowest BCUT2D eigenvalue weighted by Gasteiger charge is -2.13. The van der Waals surface area contributed by atoms with Gasteiger partial charge in [-0.2, -0.15) is 5.10 Å². The van der Waals surface area contributed by atoms with Gasteiger partial charge in [0, 0.05) is 19.0 Å². The molecule has 2 rings (SSSR count). The molecule has 108 valence electrons. The van der Waals surface area contributed by atoms with Crippen molar-refractivity contribution in [3.05, 3.63) is 47.3 Å². The van der Waals surface area contributed by atoms with E-state index in [1.165, 1.54) is 6.33 Å². The van der Waals surface area contributed by atoms with E-state index in [1.807, 2.05) is 6.92 Å². The van der Waals surface area contributed by atoms with Gasteiger partial charge >= 0.3 is 0 Å². The third-order valence-corrected chi connectivity index (χ3v) is 2.97. The van der Waals surface area contributed by atoms with Crippen LogP contribution in [0.15, 0.2) is 18.5 Å². The van der Waals surface area contributed by atoms with Gasteiger partial charge < -0.3 is 5.73 Å². The van der Waals surface area contributed by atoms with Crippen LogP contribution in [0.1, 0.15) is 30.8 Å². The van der Waals surface area contributed by atoms with Crippen molar-refractivity contribution in [2.24, 2.45) is 5.73 Å². The molecule has 1 heterocycles. The predicted octanol–water partition coefficient (Wildman–Crippen LogP) is 2.35. The monoisotopic (exact) mass is 284 g/mol. The zero-order chi connectivity index (χ0) is 14.7. The Morgan fingerprint density at radius 3 is 2.50 bits per heavy atom. The van der Waals surface area contributed by atoms with Gasteiger partial charge in [-0.1, -0.05) is 6.92 Å². The summed E-state index contributed by atoms with van der Waals surface area (Å²) in [7, 11) is 0. The van der Waals surface area contributed by atoms with E-state index in [0.717, 1.165) is 18.6 Å². The number of aryl methyl sites for hydroxylation is 1. The maximum atomic E-state index is 13.2. The molecule has 4 nitrogen and oxygen atoms in total. The van der Waals surface area contributed by atoms with Gasteiger partial charge in [-0.3, -0.25) is 4.68 Å². The number of aromatic nitrogens is 3. The van der Waals surface area contributed by atoms with E-state index >= 15 is 0 Å². The molecule has 0 saturated carbocycles. The van der Waals surface area contributed by atoms with E-state index in [-0.39, 0.29) is 12.0 Å². The Morgan fingerprint density at radius 1 is 1.25 bits per heavy atom. The molecule has 2 N–H and O–H groups in total. The summed E-state index contributed by atoms with van der Waals surface area (Å²) in [6, 6.07) is 1.13. The summed E-state index contributed by atoms with van der Waals surface area (Å²) in [6.07, 6.45) is 2.56. The van der Waals surface area contributed by atoms with Crippen LogP contribution in [-0.2, 0) is 13.0 Å². The van der Waals surface area contributed by atoms with Crippen LogP contribution < -0.4 is 5.73 Å². The third-order valence-electron chi connectivity index (χ3n) is 2.97. The molecule has 0 amide bonds. The second-order valence-electron chi connectivity index (χ2n) is 4.51. The van der Waals surface area contributed by atoms with Gasteiger partial charge in [0.05, 0.1) is 0 Å². The van der Waals surface area contributed by atoms with Crippen molar-refractivity contribution in [2.45, 2.75) is 32.4 Å². The largest absolute Gasteiger partial charge is 0.324 e. The molecule has 20 heavy (non-hydrogen) atoms. The summed E-state index contributed by atoms with van der Waals surface area (Å²) in [5.74, 6) is -3.35. The molecular formula is C13H15F3N4. The van der Waals surface area contributed by atoms with Crippen LogP contribution in [0.5, 0.6) is 0 Å². The minimum atomic E-state index is -1.49. The first-order chi connectivity index (χ1) is 9.52. The zero-order valence-corrected chi connectivity index (χ0v) is 11.0. The number of nitrogens with two attached hydrogens (primary N) is 1. The smallest absolute Gasteiger partial charge is 0.194 e. The molecule has 1 atom stereocenters. The van der Waals surface area contributed by atoms with Gasteiger partial charge in [0.2, 0.25) is 0 Å². The average Bonchev–Trinajstić information content (AvgIpc) is 2.83. The van der Waals surface area contributed by atoms with Gasteiger partial charge in [0.15, 0.2) is 17.5 Å². The summed E-state index contributed by atoms with van der Waals surface area (Å²) in [6.45, 7) is 2.68. The highest BCUT2D eigenvalue weighted by Crippen LogP contribution is 2.20. The first-order valence-electron chi connectivity index (χ1n) is 6.29. The SMILES string of the molecule is CCCn1ncnc1CC(N)c1cc(F)c(F)c(F)c1. The molecule has 2 aromatic rings. The lowest BCUT2D eigenvalue weighted by Crippen LogP contribution is -2.18. The lowest BCUT2D eigenvalue weighted by atomic mass is 10.0. The third kappa shape index (κ3) is 2.98. The van der Waals surface area contributed by atoms with Crippen molar-refractivity contribution in [1.82, 2.24) is 14.8 Å². The van der Waals surface area contributed by atoms with Crippen molar-refractivity contribution in [3.63, 3.8) is 0 Å². The van der Waals surface area contributed by atoms with Gasteiger partial charge in [-0.05, 0) is 24.1 Å². The molecule has 1 unspecified atom stereocenters. The zero-order valence-electron chi connectivity index (χ0n) is 11.0. The Kier molecular flexibility index (Phi) is 4.39. The first kappa shape index (κ1) is 14.5. The number of hydrogen-bond donors (Lipinski definition) is 1. The first-order valence-corrected chi connectivity index (χ1v) is 6.29. The molecule has 0 aliphatic heterocycles. The maximum absolute atomic E-state index is 13.2. The highest BCUT2D eigenvalue weighted by molar-refractivity contribution is 5.23. The van der Waals surface area contributed by atoms with Gasteiger partial charge in [-0.15, -0.1) is 0 Å². The van der Waals surface area contributed by atoms with Crippen LogP contribution in [0.4, 0.5) is 13.2 Å². The van der Waals surface area contributed by atoms with Crippen molar-refractivity contribution < 1.29 is 13.2 Å². The van der Waals surface area contributed by atoms with E-state index in [9.17, 15) is 13.2 Å². The second kappa shape index (κ2) is 6.04. The van der Waals surface area contributed by atoms with Crippen LogP contribution >= 0.6 is 0 Å². The summed E-state index contributed by atoms with van der Waals surface area (Å²) in [4.78, 5) is 4.07. The van der Waals surface area contributed by atoms with Gasteiger partial charge in [0.1, 0.15) is 12.2 Å². The number of benzene rings is 1. The molecule has 0 aliphatic rings. The minimum Gasteiger partial charge on any atom is -0.324 e. The van der Waals surface area contributed by atoms with Gasteiger partial charge in [0.25, 0.3) is 0 Å². The van der Waals surface area contributed by atoms with Crippen molar-refractivity contribution >= 4 is 0 Å². The van der Waals surface area contributed by atoms with Crippen molar-refractivity contribution in [1.29, 1.82) is 0 Å². The number of nitrogens with zero attached hydrogens (tertiary/aromatic N) is 3. The summed E-state index contributed by atoms with van der Waals surface area (Å²) in [5.41, 5.74) is 6.09. The molecule has 0 saturated heterocycles. The van der Waals surface area contributed by atoms with E-state index in [2.05, 4.69) is 10.1 Å². The Hall–Kier alpha value is -1.89. The molecule has 0 fully saturated rings. The van der Waals surface area contributed by atoms with Crippen LogP contribution in [0.2, 0.25) is 0 Å². The van der Waals surface area contributed by atoms with E-state index in [4.69, 9.17) is 5.73 Å². The molecule has 0 spiro atoms. The Morgan fingerprint density at radius 2 is 1.90 bits per heavy atom. The molecule has 0 aliphatic carbocycles.